The zero-order valence-corrected chi connectivity index (χ0v) is 24.1. The molecule has 0 bridgehead atoms. The summed E-state index contributed by atoms with van der Waals surface area (Å²) in [7, 11) is 0. The first-order valence-corrected chi connectivity index (χ1v) is 15.1. The minimum Gasteiger partial charge on any atom is -0.309 e. The van der Waals surface area contributed by atoms with Crippen molar-refractivity contribution < 1.29 is 0 Å². The summed E-state index contributed by atoms with van der Waals surface area (Å²) in [5.41, 5.74) is 12.0. The summed E-state index contributed by atoms with van der Waals surface area (Å²) < 4.78 is 4.87. The van der Waals surface area contributed by atoms with E-state index in [2.05, 4.69) is 179 Å². The Morgan fingerprint density at radius 2 is 0.795 bits per heavy atom. The molecule has 9 aromatic rings. The van der Waals surface area contributed by atoms with Crippen molar-refractivity contribution in [1.82, 2.24) is 9.13 Å². The number of benzene rings is 7. The van der Waals surface area contributed by atoms with Gasteiger partial charge in [0.15, 0.2) is 0 Å². The number of aromatic nitrogens is 2. The molecular weight excluding hydrogens is 532 g/mol. The SMILES string of the molecule is c1ccc(-c2ccc(-n3c4ccccc4c4cc5c6ccccc6n(-c6ccccc6-c6ccccc6)c5cc43)cc2)cc1. The van der Waals surface area contributed by atoms with Crippen molar-refractivity contribution in [3.63, 3.8) is 0 Å². The molecule has 0 aliphatic carbocycles. The predicted molar refractivity (Wildman–Crippen MR) is 186 cm³/mol. The highest BCUT2D eigenvalue weighted by atomic mass is 15.0. The van der Waals surface area contributed by atoms with Gasteiger partial charge in [0.25, 0.3) is 0 Å². The van der Waals surface area contributed by atoms with Crippen LogP contribution < -0.4 is 0 Å². The van der Waals surface area contributed by atoms with Crippen LogP contribution in [0.1, 0.15) is 0 Å². The van der Waals surface area contributed by atoms with Crippen LogP contribution in [0.4, 0.5) is 0 Å². The lowest BCUT2D eigenvalue weighted by atomic mass is 10.0. The average Bonchev–Trinajstić information content (AvgIpc) is 3.60. The Balaban J connectivity index is 1.36. The molecule has 0 spiro atoms. The second kappa shape index (κ2) is 9.86. The molecule has 0 aliphatic heterocycles. The maximum absolute atomic E-state index is 2.45. The summed E-state index contributed by atoms with van der Waals surface area (Å²) in [5, 5.41) is 5.05. The molecular formula is C42H28N2. The number of hydrogen-bond donors (Lipinski definition) is 0. The topological polar surface area (TPSA) is 9.86 Å². The summed E-state index contributed by atoms with van der Waals surface area (Å²) in [5.74, 6) is 0. The zero-order chi connectivity index (χ0) is 29.0. The lowest BCUT2D eigenvalue weighted by Gasteiger charge is -2.14. The van der Waals surface area contributed by atoms with E-state index in [1.165, 1.54) is 71.6 Å². The number of fused-ring (bicyclic) bond motifs is 6. The fourth-order valence-corrected chi connectivity index (χ4v) is 6.93. The van der Waals surface area contributed by atoms with E-state index < -0.39 is 0 Å². The molecule has 0 unspecified atom stereocenters. The highest BCUT2D eigenvalue weighted by molar-refractivity contribution is 6.19. The molecule has 0 saturated carbocycles. The molecule has 0 radical (unpaired) electrons. The summed E-state index contributed by atoms with van der Waals surface area (Å²) in [6, 6.07) is 61.4. The van der Waals surface area contributed by atoms with Gasteiger partial charge in [-0.15, -0.1) is 0 Å². The van der Waals surface area contributed by atoms with Crippen LogP contribution in [0.2, 0.25) is 0 Å². The van der Waals surface area contributed by atoms with Crippen LogP contribution in [0.5, 0.6) is 0 Å². The molecule has 2 heteroatoms. The first-order chi connectivity index (χ1) is 21.8. The number of rotatable bonds is 4. The maximum Gasteiger partial charge on any atom is 0.0562 e. The van der Waals surface area contributed by atoms with Crippen LogP contribution in [0.25, 0.3) is 77.2 Å². The van der Waals surface area contributed by atoms with Gasteiger partial charge in [-0.25, -0.2) is 0 Å². The van der Waals surface area contributed by atoms with E-state index in [1.807, 2.05) is 0 Å². The Bertz CT molecular complexity index is 2460. The fourth-order valence-electron chi connectivity index (χ4n) is 6.93. The lowest BCUT2D eigenvalue weighted by molar-refractivity contribution is 1.17. The Labute approximate surface area is 255 Å². The number of para-hydroxylation sites is 3. The van der Waals surface area contributed by atoms with Crippen molar-refractivity contribution in [3.8, 4) is 33.6 Å². The summed E-state index contributed by atoms with van der Waals surface area (Å²) in [4.78, 5) is 0. The summed E-state index contributed by atoms with van der Waals surface area (Å²) >= 11 is 0. The van der Waals surface area contributed by atoms with E-state index in [1.54, 1.807) is 0 Å². The molecule has 0 saturated heterocycles. The first-order valence-electron chi connectivity index (χ1n) is 15.1. The third kappa shape index (κ3) is 3.75. The normalized spacial score (nSPS) is 11.6. The predicted octanol–water partition coefficient (Wildman–Crippen LogP) is 11.2. The molecule has 2 nitrogen and oxygen atoms in total. The molecule has 0 aliphatic rings. The van der Waals surface area contributed by atoms with Crippen LogP contribution in [0.15, 0.2) is 170 Å². The van der Waals surface area contributed by atoms with Crippen LogP contribution in [-0.4, -0.2) is 9.13 Å². The van der Waals surface area contributed by atoms with Gasteiger partial charge in [-0.3, -0.25) is 0 Å². The van der Waals surface area contributed by atoms with Gasteiger partial charge in [-0.05, 0) is 59.2 Å². The largest absolute Gasteiger partial charge is 0.309 e. The average molecular weight is 561 g/mol. The third-order valence-corrected chi connectivity index (χ3v) is 8.93. The molecule has 7 aromatic carbocycles. The van der Waals surface area contributed by atoms with E-state index in [-0.39, 0.29) is 0 Å². The van der Waals surface area contributed by atoms with Gasteiger partial charge in [0.2, 0.25) is 0 Å². The molecule has 0 amide bonds. The van der Waals surface area contributed by atoms with Crippen molar-refractivity contribution in [3.05, 3.63) is 170 Å². The summed E-state index contributed by atoms with van der Waals surface area (Å²) in [6.45, 7) is 0. The van der Waals surface area contributed by atoms with E-state index in [0.717, 1.165) is 5.69 Å². The highest BCUT2D eigenvalue weighted by Gasteiger charge is 2.19. The Kier molecular flexibility index (Phi) is 5.54. The molecule has 44 heavy (non-hydrogen) atoms. The minimum absolute atomic E-state index is 1.16. The third-order valence-electron chi connectivity index (χ3n) is 8.93. The van der Waals surface area contributed by atoms with Crippen molar-refractivity contribution in [1.29, 1.82) is 0 Å². The summed E-state index contributed by atoms with van der Waals surface area (Å²) in [6.07, 6.45) is 0. The molecule has 0 N–H and O–H groups in total. The van der Waals surface area contributed by atoms with Gasteiger partial charge in [0.1, 0.15) is 0 Å². The minimum atomic E-state index is 1.16. The van der Waals surface area contributed by atoms with E-state index >= 15 is 0 Å². The van der Waals surface area contributed by atoms with Gasteiger partial charge in [-0.1, -0.05) is 127 Å². The number of hydrogen-bond acceptors (Lipinski definition) is 0. The van der Waals surface area contributed by atoms with Crippen LogP contribution in [-0.2, 0) is 0 Å². The van der Waals surface area contributed by atoms with Crippen LogP contribution >= 0.6 is 0 Å². The van der Waals surface area contributed by atoms with Crippen molar-refractivity contribution in [2.75, 3.05) is 0 Å². The van der Waals surface area contributed by atoms with Gasteiger partial charge < -0.3 is 9.13 Å². The molecule has 9 rings (SSSR count). The molecule has 0 fully saturated rings. The Morgan fingerprint density at radius 3 is 1.48 bits per heavy atom. The Morgan fingerprint density at radius 1 is 0.295 bits per heavy atom. The van der Waals surface area contributed by atoms with Gasteiger partial charge >= 0.3 is 0 Å². The number of nitrogens with zero attached hydrogens (tertiary/aromatic N) is 2. The lowest BCUT2D eigenvalue weighted by Crippen LogP contribution is -1.98. The van der Waals surface area contributed by atoms with Gasteiger partial charge in [0.05, 0.1) is 27.8 Å². The molecule has 2 heterocycles. The highest BCUT2D eigenvalue weighted by Crippen LogP contribution is 2.41. The molecule has 206 valence electrons. The first kappa shape index (κ1) is 24.7. The van der Waals surface area contributed by atoms with E-state index in [0.29, 0.717) is 0 Å². The second-order valence-corrected chi connectivity index (χ2v) is 11.4. The van der Waals surface area contributed by atoms with Crippen LogP contribution in [0.3, 0.4) is 0 Å². The second-order valence-electron chi connectivity index (χ2n) is 11.4. The zero-order valence-electron chi connectivity index (χ0n) is 24.1. The standard InChI is InChI=1S/C42H28N2/c1-3-13-29(14-4-1)30-23-25-32(26-24-30)43-39-21-11-8-18-34(39)36-27-37-35-19-9-12-22-40(35)44(42(37)28-41(36)43)38-20-10-7-17-33(38)31-15-5-2-6-16-31/h1-28H. The van der Waals surface area contributed by atoms with Crippen LogP contribution in [0, 0.1) is 0 Å². The van der Waals surface area contributed by atoms with E-state index in [9.17, 15) is 0 Å². The van der Waals surface area contributed by atoms with Gasteiger partial charge in [0, 0.05) is 32.8 Å². The fraction of sp³-hybridized carbons (Fsp3) is 0. The van der Waals surface area contributed by atoms with Crippen molar-refractivity contribution >= 4 is 43.6 Å². The maximum atomic E-state index is 2.45. The Hall–Kier alpha value is -5.86. The van der Waals surface area contributed by atoms with Crippen molar-refractivity contribution in [2.45, 2.75) is 0 Å². The monoisotopic (exact) mass is 560 g/mol. The smallest absolute Gasteiger partial charge is 0.0562 e. The van der Waals surface area contributed by atoms with Crippen molar-refractivity contribution in [2.24, 2.45) is 0 Å². The molecule has 0 atom stereocenters. The van der Waals surface area contributed by atoms with E-state index in [4.69, 9.17) is 0 Å². The quantitative estimate of drug-likeness (QED) is 0.203. The molecule has 2 aromatic heterocycles. The van der Waals surface area contributed by atoms with Gasteiger partial charge in [-0.2, -0.15) is 0 Å².